The van der Waals surface area contributed by atoms with Crippen LogP contribution in [0.1, 0.15) is 37.1 Å². The molecule has 1 aliphatic heterocycles. The van der Waals surface area contributed by atoms with Crippen LogP contribution in [0.5, 0.6) is 0 Å². The normalized spacial score (nSPS) is 15.2. The largest absolute Gasteiger partial charge is 0.378 e. The summed E-state index contributed by atoms with van der Waals surface area (Å²) >= 11 is 0. The van der Waals surface area contributed by atoms with Crippen molar-refractivity contribution in [3.8, 4) is 0 Å². The molecule has 0 spiro atoms. The van der Waals surface area contributed by atoms with Crippen molar-refractivity contribution < 1.29 is 9.53 Å². The van der Waals surface area contributed by atoms with Gasteiger partial charge in [0.15, 0.2) is 0 Å². The molecule has 3 rings (SSSR count). The molecule has 1 saturated heterocycles. The summed E-state index contributed by atoms with van der Waals surface area (Å²) in [5, 5.41) is 7.11. The van der Waals surface area contributed by atoms with Gasteiger partial charge in [0.05, 0.1) is 25.3 Å². The number of amides is 1. The van der Waals surface area contributed by atoms with Crippen LogP contribution in [-0.2, 0) is 16.8 Å². The van der Waals surface area contributed by atoms with E-state index in [1.165, 1.54) is 6.33 Å². The fraction of sp³-hybridized carbons (Fsp3) is 0.529. The predicted octanol–water partition coefficient (Wildman–Crippen LogP) is 1.19. The number of rotatable bonds is 4. The number of pyridine rings is 1. The molecular formula is C17H24N6O2. The second-order valence-corrected chi connectivity index (χ2v) is 6.94. The Kier molecular flexibility index (Phi) is 4.98. The van der Waals surface area contributed by atoms with Gasteiger partial charge in [0.2, 0.25) is 0 Å². The van der Waals surface area contributed by atoms with Crippen LogP contribution in [0.2, 0.25) is 0 Å². The number of aromatic nitrogens is 4. The lowest BCUT2D eigenvalue weighted by molar-refractivity contribution is 0.0943. The van der Waals surface area contributed by atoms with Crippen LogP contribution in [0.25, 0.3) is 0 Å². The van der Waals surface area contributed by atoms with Crippen LogP contribution >= 0.6 is 0 Å². The zero-order valence-corrected chi connectivity index (χ0v) is 14.9. The number of ether oxygens (including phenoxy) is 1. The van der Waals surface area contributed by atoms with Gasteiger partial charge in [0, 0.05) is 25.0 Å². The van der Waals surface area contributed by atoms with E-state index >= 15 is 0 Å². The van der Waals surface area contributed by atoms with E-state index < -0.39 is 0 Å². The molecule has 1 N–H and O–H groups in total. The van der Waals surface area contributed by atoms with Crippen molar-refractivity contribution in [1.29, 1.82) is 0 Å². The van der Waals surface area contributed by atoms with E-state index in [1.807, 2.05) is 37.6 Å². The van der Waals surface area contributed by atoms with E-state index in [0.717, 1.165) is 18.8 Å². The van der Waals surface area contributed by atoms with Crippen LogP contribution < -0.4 is 10.2 Å². The smallest absolute Gasteiger partial charge is 0.270 e. The molecule has 2 aromatic rings. The van der Waals surface area contributed by atoms with E-state index in [-0.39, 0.29) is 11.4 Å². The van der Waals surface area contributed by atoms with Crippen LogP contribution in [-0.4, -0.2) is 52.0 Å². The lowest BCUT2D eigenvalue weighted by Crippen LogP contribution is -2.36. The highest BCUT2D eigenvalue weighted by atomic mass is 16.5. The second-order valence-electron chi connectivity index (χ2n) is 6.94. The fourth-order valence-electron chi connectivity index (χ4n) is 2.76. The molecule has 8 heteroatoms. The molecule has 0 saturated carbocycles. The third kappa shape index (κ3) is 4.14. The van der Waals surface area contributed by atoms with Gasteiger partial charge < -0.3 is 15.0 Å². The molecule has 1 fully saturated rings. The van der Waals surface area contributed by atoms with E-state index in [9.17, 15) is 4.79 Å². The van der Waals surface area contributed by atoms with Gasteiger partial charge in [-0.3, -0.25) is 9.78 Å². The third-order valence-corrected chi connectivity index (χ3v) is 4.01. The minimum absolute atomic E-state index is 0.189. The summed E-state index contributed by atoms with van der Waals surface area (Å²) in [6, 6.07) is 3.73. The molecule has 0 aromatic carbocycles. The van der Waals surface area contributed by atoms with Gasteiger partial charge in [-0.2, -0.15) is 5.10 Å². The van der Waals surface area contributed by atoms with Gasteiger partial charge in [0.25, 0.3) is 5.91 Å². The maximum absolute atomic E-state index is 12.5. The van der Waals surface area contributed by atoms with Crippen LogP contribution in [0.15, 0.2) is 24.7 Å². The summed E-state index contributed by atoms with van der Waals surface area (Å²) in [6.45, 7) is 9.47. The van der Waals surface area contributed by atoms with Gasteiger partial charge in [-0.15, -0.1) is 0 Å². The molecule has 134 valence electrons. The molecule has 0 atom stereocenters. The van der Waals surface area contributed by atoms with Gasteiger partial charge in [-0.1, -0.05) is 0 Å². The topological polar surface area (TPSA) is 85.2 Å². The van der Waals surface area contributed by atoms with Gasteiger partial charge in [0.1, 0.15) is 17.8 Å². The molecule has 2 aromatic heterocycles. The van der Waals surface area contributed by atoms with E-state index in [0.29, 0.717) is 31.3 Å². The standard InChI is InChI=1S/C17H24N6O2/c1-17(2,3)23-15(20-12-21-23)11-19-16(24)14-10-13(4-5-18-14)22-6-8-25-9-7-22/h4-5,10,12H,6-9,11H2,1-3H3,(H,19,24). The molecule has 0 bridgehead atoms. The highest BCUT2D eigenvalue weighted by molar-refractivity contribution is 5.93. The Bertz CT molecular complexity index is 731. The Morgan fingerprint density at radius 3 is 2.76 bits per heavy atom. The predicted molar refractivity (Wildman–Crippen MR) is 93.5 cm³/mol. The number of nitrogens with zero attached hydrogens (tertiary/aromatic N) is 5. The molecule has 0 aliphatic carbocycles. The lowest BCUT2D eigenvalue weighted by Gasteiger charge is -2.28. The minimum atomic E-state index is -0.224. The molecular weight excluding hydrogens is 320 g/mol. The van der Waals surface area contributed by atoms with E-state index in [2.05, 4.69) is 25.3 Å². The van der Waals surface area contributed by atoms with Gasteiger partial charge >= 0.3 is 0 Å². The minimum Gasteiger partial charge on any atom is -0.378 e. The first kappa shape index (κ1) is 17.3. The summed E-state index contributed by atoms with van der Waals surface area (Å²) in [5.41, 5.74) is 1.19. The Morgan fingerprint density at radius 2 is 2.04 bits per heavy atom. The SMILES string of the molecule is CC(C)(C)n1ncnc1CNC(=O)c1cc(N2CCOCC2)ccn1. The van der Waals surface area contributed by atoms with Crippen LogP contribution in [0.4, 0.5) is 5.69 Å². The number of hydrogen-bond acceptors (Lipinski definition) is 6. The van der Waals surface area contributed by atoms with Crippen LogP contribution in [0, 0.1) is 0 Å². The molecule has 25 heavy (non-hydrogen) atoms. The fourth-order valence-corrected chi connectivity index (χ4v) is 2.76. The van der Waals surface area contributed by atoms with Crippen molar-refractivity contribution in [1.82, 2.24) is 25.1 Å². The zero-order valence-electron chi connectivity index (χ0n) is 14.9. The quantitative estimate of drug-likeness (QED) is 0.897. The zero-order chi connectivity index (χ0) is 17.9. The van der Waals surface area contributed by atoms with Crippen molar-refractivity contribution in [2.24, 2.45) is 0 Å². The summed E-state index contributed by atoms with van der Waals surface area (Å²) in [4.78, 5) is 23.1. The molecule has 1 amide bonds. The number of anilines is 1. The van der Waals surface area contributed by atoms with Crippen molar-refractivity contribution >= 4 is 11.6 Å². The summed E-state index contributed by atoms with van der Waals surface area (Å²) < 4.78 is 7.18. The Balaban J connectivity index is 1.67. The van der Waals surface area contributed by atoms with Gasteiger partial charge in [-0.25, -0.2) is 9.67 Å². The second kappa shape index (κ2) is 7.18. The van der Waals surface area contributed by atoms with Gasteiger partial charge in [-0.05, 0) is 32.9 Å². The number of nitrogens with one attached hydrogen (secondary N) is 1. The van der Waals surface area contributed by atoms with Crippen molar-refractivity contribution in [3.05, 3.63) is 36.2 Å². The number of carbonyl (C=O) groups excluding carboxylic acids is 1. The van der Waals surface area contributed by atoms with Crippen molar-refractivity contribution in [3.63, 3.8) is 0 Å². The first-order valence-electron chi connectivity index (χ1n) is 8.41. The highest BCUT2D eigenvalue weighted by Crippen LogP contribution is 2.16. The molecule has 0 radical (unpaired) electrons. The van der Waals surface area contributed by atoms with E-state index in [4.69, 9.17) is 4.74 Å². The number of hydrogen-bond donors (Lipinski definition) is 1. The maximum Gasteiger partial charge on any atom is 0.270 e. The maximum atomic E-state index is 12.5. The molecule has 3 heterocycles. The average Bonchev–Trinajstić information content (AvgIpc) is 3.09. The monoisotopic (exact) mass is 344 g/mol. The van der Waals surface area contributed by atoms with E-state index in [1.54, 1.807) is 6.20 Å². The van der Waals surface area contributed by atoms with Crippen molar-refractivity contribution in [2.75, 3.05) is 31.2 Å². The lowest BCUT2D eigenvalue weighted by atomic mass is 10.1. The Labute approximate surface area is 147 Å². The van der Waals surface area contributed by atoms with Crippen LogP contribution in [0.3, 0.4) is 0 Å². The number of morpholine rings is 1. The average molecular weight is 344 g/mol. The summed E-state index contributed by atoms with van der Waals surface area (Å²) in [7, 11) is 0. The summed E-state index contributed by atoms with van der Waals surface area (Å²) in [6.07, 6.45) is 3.17. The summed E-state index contributed by atoms with van der Waals surface area (Å²) in [5.74, 6) is 0.490. The van der Waals surface area contributed by atoms with Crippen molar-refractivity contribution in [2.45, 2.75) is 32.9 Å². The first-order valence-corrected chi connectivity index (χ1v) is 8.41. The molecule has 1 aliphatic rings. The molecule has 0 unspecified atom stereocenters. The Morgan fingerprint density at radius 1 is 1.28 bits per heavy atom. The molecule has 8 nitrogen and oxygen atoms in total. The number of carbonyl (C=O) groups is 1. The Hall–Kier alpha value is -2.48. The highest BCUT2D eigenvalue weighted by Gasteiger charge is 2.19. The first-order chi connectivity index (χ1) is 11.9. The third-order valence-electron chi connectivity index (χ3n) is 4.01.